The van der Waals surface area contributed by atoms with Crippen LogP contribution in [-0.2, 0) is 14.6 Å². The number of allylic oxidation sites excluding steroid dienone is 1. The van der Waals surface area contributed by atoms with E-state index in [2.05, 4.69) is 5.92 Å². The number of sulfone groups is 1. The molecule has 80 valence electrons. The lowest BCUT2D eigenvalue weighted by Crippen LogP contribution is -2.37. The van der Waals surface area contributed by atoms with Crippen LogP contribution >= 0.6 is 0 Å². The predicted octanol–water partition coefficient (Wildman–Crippen LogP) is -0.526. The Kier molecular flexibility index (Phi) is 2.98. The third-order valence-corrected chi connectivity index (χ3v) is 3.05. The zero-order chi connectivity index (χ0) is 11.6. The first-order chi connectivity index (χ1) is 6.87. The van der Waals surface area contributed by atoms with Crippen molar-refractivity contribution >= 4 is 15.8 Å². The average Bonchev–Trinajstić information content (AvgIpc) is 2.47. The number of hydrogen-bond donors (Lipinski definition) is 2. The molecular weight excluding hydrogens is 218 g/mol. The molecule has 0 unspecified atom stereocenters. The first-order valence-corrected chi connectivity index (χ1v) is 5.57. The molecule has 1 heterocycles. The number of carbonyl (C=O) groups is 1. The quantitative estimate of drug-likeness (QED) is 0.632. The van der Waals surface area contributed by atoms with E-state index < -0.39 is 27.8 Å². The Hall–Kier alpha value is -1.58. The van der Waals surface area contributed by atoms with Crippen molar-refractivity contribution in [2.24, 2.45) is 11.7 Å². The minimum atomic E-state index is -3.40. The molecule has 15 heavy (non-hydrogen) atoms. The highest BCUT2D eigenvalue weighted by Crippen LogP contribution is 2.22. The van der Waals surface area contributed by atoms with Crippen LogP contribution in [0.15, 0.2) is 22.5 Å². The highest BCUT2D eigenvalue weighted by Gasteiger charge is 2.28. The van der Waals surface area contributed by atoms with E-state index in [1.807, 2.05) is 0 Å². The van der Waals surface area contributed by atoms with Crippen LogP contribution in [0.25, 0.3) is 0 Å². The van der Waals surface area contributed by atoms with Gasteiger partial charge in [-0.2, -0.15) is 0 Å². The second-order valence-electron chi connectivity index (χ2n) is 3.02. The normalized spacial score (nSPS) is 21.5. The van der Waals surface area contributed by atoms with Crippen LogP contribution in [0.4, 0.5) is 0 Å². The summed E-state index contributed by atoms with van der Waals surface area (Å²) in [6.45, 7) is 0. The van der Waals surface area contributed by atoms with Gasteiger partial charge in [-0.3, -0.25) is 4.79 Å². The van der Waals surface area contributed by atoms with Crippen LogP contribution < -0.4 is 5.73 Å². The summed E-state index contributed by atoms with van der Waals surface area (Å²) >= 11 is 0. The standard InChI is InChI=1S/C9H9NO4S/c1-2-7(8(10)9(11)12)6-3-4-15(13,14)5-6/h1,3-5,7-8H,10H2,(H,11,12)/t7-,8+/m1/s1. The molecule has 5 nitrogen and oxygen atoms in total. The highest BCUT2D eigenvalue weighted by molar-refractivity contribution is 7.97. The van der Waals surface area contributed by atoms with Crippen LogP contribution in [0.2, 0.25) is 0 Å². The van der Waals surface area contributed by atoms with Gasteiger partial charge in [0, 0.05) is 10.8 Å². The molecule has 2 atom stereocenters. The van der Waals surface area contributed by atoms with Gasteiger partial charge in [0.05, 0.1) is 5.92 Å². The van der Waals surface area contributed by atoms with E-state index in [1.54, 1.807) is 0 Å². The first-order valence-electron chi connectivity index (χ1n) is 3.96. The summed E-state index contributed by atoms with van der Waals surface area (Å²) in [6.07, 6.45) is 6.38. The smallest absolute Gasteiger partial charge is 0.322 e. The van der Waals surface area contributed by atoms with Crippen molar-refractivity contribution in [2.75, 3.05) is 0 Å². The van der Waals surface area contributed by atoms with Gasteiger partial charge >= 0.3 is 5.97 Å². The van der Waals surface area contributed by atoms with Crippen molar-refractivity contribution in [2.45, 2.75) is 6.04 Å². The maximum Gasteiger partial charge on any atom is 0.322 e. The molecule has 1 rings (SSSR count). The van der Waals surface area contributed by atoms with Crippen molar-refractivity contribution in [3.8, 4) is 12.3 Å². The Morgan fingerprint density at radius 1 is 1.60 bits per heavy atom. The molecule has 3 N–H and O–H groups in total. The molecule has 0 aromatic heterocycles. The third kappa shape index (κ3) is 2.46. The van der Waals surface area contributed by atoms with E-state index in [1.165, 1.54) is 6.08 Å². The topological polar surface area (TPSA) is 97.5 Å². The molecule has 0 amide bonds. The molecule has 0 aliphatic carbocycles. The first kappa shape index (κ1) is 11.5. The van der Waals surface area contributed by atoms with Gasteiger partial charge in [-0.15, -0.1) is 6.42 Å². The van der Waals surface area contributed by atoms with Crippen LogP contribution in [-0.4, -0.2) is 25.5 Å². The predicted molar refractivity (Wildman–Crippen MR) is 54.1 cm³/mol. The molecule has 1 aliphatic rings. The van der Waals surface area contributed by atoms with Crippen molar-refractivity contribution < 1.29 is 18.3 Å². The van der Waals surface area contributed by atoms with Gasteiger partial charge in [-0.25, -0.2) is 8.42 Å². The fourth-order valence-electron chi connectivity index (χ4n) is 1.17. The molecule has 0 saturated carbocycles. The lowest BCUT2D eigenvalue weighted by molar-refractivity contribution is -0.139. The highest BCUT2D eigenvalue weighted by atomic mass is 32.2. The van der Waals surface area contributed by atoms with Gasteiger partial charge in [0.1, 0.15) is 6.04 Å². The van der Waals surface area contributed by atoms with Crippen LogP contribution in [0.3, 0.4) is 0 Å². The van der Waals surface area contributed by atoms with E-state index in [9.17, 15) is 13.2 Å². The van der Waals surface area contributed by atoms with Gasteiger partial charge < -0.3 is 10.8 Å². The second kappa shape index (κ2) is 3.88. The number of carboxylic acid groups (broad SMARTS) is 1. The summed E-state index contributed by atoms with van der Waals surface area (Å²) in [5.74, 6) is -0.0283. The number of hydrogen-bond acceptors (Lipinski definition) is 4. The van der Waals surface area contributed by atoms with Crippen molar-refractivity contribution in [3.63, 3.8) is 0 Å². The summed E-state index contributed by atoms with van der Waals surface area (Å²) in [7, 11) is -3.40. The summed E-state index contributed by atoms with van der Waals surface area (Å²) in [4.78, 5) is 10.6. The zero-order valence-corrected chi connectivity index (χ0v) is 8.44. The van der Waals surface area contributed by atoms with Crippen LogP contribution in [0.5, 0.6) is 0 Å². The number of rotatable bonds is 3. The lowest BCUT2D eigenvalue weighted by Gasteiger charge is -2.14. The van der Waals surface area contributed by atoms with E-state index in [-0.39, 0.29) is 5.57 Å². The Morgan fingerprint density at radius 2 is 2.20 bits per heavy atom. The molecule has 0 saturated heterocycles. The van der Waals surface area contributed by atoms with Gasteiger partial charge in [0.15, 0.2) is 9.84 Å². The number of nitrogens with two attached hydrogens (primary N) is 1. The third-order valence-electron chi connectivity index (χ3n) is 1.93. The zero-order valence-electron chi connectivity index (χ0n) is 7.62. The van der Waals surface area contributed by atoms with E-state index >= 15 is 0 Å². The molecular formula is C9H9NO4S. The Labute approximate surface area is 87.2 Å². The Morgan fingerprint density at radius 3 is 2.53 bits per heavy atom. The van der Waals surface area contributed by atoms with Crippen LogP contribution in [0.1, 0.15) is 0 Å². The van der Waals surface area contributed by atoms with Crippen molar-refractivity contribution in [1.82, 2.24) is 0 Å². The van der Waals surface area contributed by atoms with Gasteiger partial charge in [-0.05, 0) is 11.6 Å². The SMILES string of the molecule is C#C[C@H](C1=CS(=O)(=O)C=C1)[C@H](N)C(=O)O. The van der Waals surface area contributed by atoms with E-state index in [4.69, 9.17) is 17.3 Å². The maximum atomic E-state index is 11.0. The maximum absolute atomic E-state index is 11.0. The van der Waals surface area contributed by atoms with Gasteiger partial charge in [0.2, 0.25) is 0 Å². The van der Waals surface area contributed by atoms with Crippen molar-refractivity contribution in [3.05, 3.63) is 22.5 Å². The minimum Gasteiger partial charge on any atom is -0.480 e. The molecule has 0 bridgehead atoms. The van der Waals surface area contributed by atoms with Crippen molar-refractivity contribution in [1.29, 1.82) is 0 Å². The molecule has 6 heteroatoms. The van der Waals surface area contributed by atoms with Crippen LogP contribution in [0, 0.1) is 18.3 Å². The van der Waals surface area contributed by atoms with E-state index in [0.29, 0.717) is 0 Å². The minimum absolute atomic E-state index is 0.229. The molecule has 0 aromatic carbocycles. The summed E-state index contributed by atoms with van der Waals surface area (Å²) in [6, 6.07) is -1.31. The molecule has 0 fully saturated rings. The number of aliphatic carboxylic acids is 1. The van der Waals surface area contributed by atoms with Gasteiger partial charge in [-0.1, -0.05) is 5.92 Å². The fourth-order valence-corrected chi connectivity index (χ4v) is 2.20. The lowest BCUT2D eigenvalue weighted by atomic mass is 9.94. The fraction of sp³-hybridized carbons (Fsp3) is 0.222. The molecule has 1 aliphatic heterocycles. The van der Waals surface area contributed by atoms with E-state index in [0.717, 1.165) is 10.8 Å². The molecule has 0 radical (unpaired) electrons. The average molecular weight is 227 g/mol. The Bertz CT molecular complexity index is 481. The number of terminal acetylenes is 1. The Balaban J connectivity index is 3.04. The monoisotopic (exact) mass is 227 g/mol. The molecule has 0 spiro atoms. The number of carboxylic acids is 1. The van der Waals surface area contributed by atoms with Gasteiger partial charge in [0.25, 0.3) is 0 Å². The largest absolute Gasteiger partial charge is 0.480 e. The summed E-state index contributed by atoms with van der Waals surface area (Å²) in [5.41, 5.74) is 5.56. The summed E-state index contributed by atoms with van der Waals surface area (Å²) in [5, 5.41) is 10.5. The summed E-state index contributed by atoms with van der Waals surface area (Å²) < 4.78 is 22.1. The second-order valence-corrected chi connectivity index (χ2v) is 4.70. The molecule has 0 aromatic rings.